The van der Waals surface area contributed by atoms with Gasteiger partial charge in [-0.15, -0.1) is 11.3 Å². The molecule has 0 saturated carbocycles. The summed E-state index contributed by atoms with van der Waals surface area (Å²) in [6, 6.07) is 13.4. The maximum atomic E-state index is 13.4. The largest absolute Gasteiger partial charge is 0.454 e. The number of hydrogen-bond donors (Lipinski definition) is 1. The Hall–Kier alpha value is -3.06. The first-order valence-corrected chi connectivity index (χ1v) is 10.5. The molecular formula is C22H21N3O3S. The Labute approximate surface area is 173 Å². The third kappa shape index (κ3) is 3.21. The summed E-state index contributed by atoms with van der Waals surface area (Å²) < 4.78 is 10.9. The number of ether oxygens (including phenoxy) is 2. The Kier molecular flexibility index (Phi) is 4.39. The minimum Gasteiger partial charge on any atom is -0.454 e. The fourth-order valence-corrected chi connectivity index (χ4v) is 4.47. The normalized spacial score (nSPS) is 17.4. The first kappa shape index (κ1) is 18.0. The summed E-state index contributed by atoms with van der Waals surface area (Å²) in [6.45, 7) is 4.93. The number of para-hydroxylation sites is 1. The Bertz CT molecular complexity index is 1080. The molecule has 29 heavy (non-hydrogen) atoms. The SMILES string of the molecule is CC(C)c1nc(C2Nc3ccccc3C(=O)N2Cc2ccc3c(c2)OCO3)cs1. The summed E-state index contributed by atoms with van der Waals surface area (Å²) in [6.07, 6.45) is -0.327. The van der Waals surface area contributed by atoms with Crippen LogP contribution in [-0.4, -0.2) is 22.6 Å². The summed E-state index contributed by atoms with van der Waals surface area (Å²) in [5.74, 6) is 1.79. The van der Waals surface area contributed by atoms with E-state index in [2.05, 4.69) is 19.2 Å². The molecule has 0 radical (unpaired) electrons. The molecule has 0 fully saturated rings. The number of nitrogens with zero attached hydrogens (tertiary/aromatic N) is 2. The molecule has 6 nitrogen and oxygen atoms in total. The highest BCUT2D eigenvalue weighted by atomic mass is 32.1. The van der Waals surface area contributed by atoms with E-state index in [1.54, 1.807) is 11.3 Å². The molecule has 1 amide bonds. The third-order valence-electron chi connectivity index (χ3n) is 5.13. The van der Waals surface area contributed by atoms with Crippen molar-refractivity contribution in [1.29, 1.82) is 0 Å². The van der Waals surface area contributed by atoms with E-state index in [4.69, 9.17) is 14.5 Å². The zero-order valence-electron chi connectivity index (χ0n) is 16.2. The lowest BCUT2D eigenvalue weighted by molar-refractivity contribution is 0.0663. The monoisotopic (exact) mass is 407 g/mol. The summed E-state index contributed by atoms with van der Waals surface area (Å²) in [5.41, 5.74) is 3.35. The van der Waals surface area contributed by atoms with Gasteiger partial charge in [0.05, 0.1) is 16.3 Å². The minimum atomic E-state index is -0.327. The predicted octanol–water partition coefficient (Wildman–Crippen LogP) is 4.76. The molecule has 2 aromatic carbocycles. The van der Waals surface area contributed by atoms with E-state index >= 15 is 0 Å². The van der Waals surface area contributed by atoms with E-state index in [0.717, 1.165) is 27.7 Å². The van der Waals surface area contributed by atoms with Crippen LogP contribution in [0, 0.1) is 0 Å². The second kappa shape index (κ2) is 7.08. The molecule has 3 heterocycles. The fraction of sp³-hybridized carbons (Fsp3) is 0.273. The molecule has 0 aliphatic carbocycles. The Morgan fingerprint density at radius 2 is 2.03 bits per heavy atom. The number of aromatic nitrogens is 1. The van der Waals surface area contributed by atoms with Gasteiger partial charge < -0.3 is 19.7 Å². The highest BCUT2D eigenvalue weighted by molar-refractivity contribution is 7.09. The lowest BCUT2D eigenvalue weighted by Crippen LogP contribution is -2.42. The molecule has 1 N–H and O–H groups in total. The summed E-state index contributed by atoms with van der Waals surface area (Å²) >= 11 is 1.63. The lowest BCUT2D eigenvalue weighted by atomic mass is 10.0. The molecule has 0 spiro atoms. The number of benzene rings is 2. The van der Waals surface area contributed by atoms with Gasteiger partial charge in [-0.05, 0) is 29.8 Å². The van der Waals surface area contributed by atoms with Crippen molar-refractivity contribution in [2.75, 3.05) is 12.1 Å². The smallest absolute Gasteiger partial charge is 0.258 e. The van der Waals surface area contributed by atoms with Gasteiger partial charge in [-0.25, -0.2) is 4.98 Å². The number of hydrogen-bond acceptors (Lipinski definition) is 6. The van der Waals surface area contributed by atoms with Crippen molar-refractivity contribution in [1.82, 2.24) is 9.88 Å². The Morgan fingerprint density at radius 3 is 2.86 bits per heavy atom. The standard InChI is InChI=1S/C22H21N3O3S/c1-13(2)21-24-17(11-29-21)20-23-16-6-4-3-5-15(16)22(26)25(20)10-14-7-8-18-19(9-14)28-12-27-18/h3-9,11,13,20,23H,10,12H2,1-2H3. The number of anilines is 1. The molecule has 1 unspecified atom stereocenters. The number of fused-ring (bicyclic) bond motifs is 2. The summed E-state index contributed by atoms with van der Waals surface area (Å²) in [4.78, 5) is 20.0. The van der Waals surface area contributed by atoms with Gasteiger partial charge in [0.15, 0.2) is 11.5 Å². The minimum absolute atomic E-state index is 0.0129. The second-order valence-corrected chi connectivity index (χ2v) is 8.37. The van der Waals surface area contributed by atoms with Crippen LogP contribution in [0.4, 0.5) is 5.69 Å². The first-order valence-electron chi connectivity index (χ1n) is 9.60. The third-order valence-corrected chi connectivity index (χ3v) is 6.29. The molecular weight excluding hydrogens is 386 g/mol. The Morgan fingerprint density at radius 1 is 1.21 bits per heavy atom. The maximum absolute atomic E-state index is 13.4. The number of carbonyl (C=O) groups excluding carboxylic acids is 1. The van der Waals surface area contributed by atoms with Crippen LogP contribution in [0.25, 0.3) is 0 Å². The van der Waals surface area contributed by atoms with E-state index in [0.29, 0.717) is 23.8 Å². The highest BCUT2D eigenvalue weighted by Crippen LogP contribution is 2.37. The van der Waals surface area contributed by atoms with Crippen molar-refractivity contribution in [2.24, 2.45) is 0 Å². The van der Waals surface area contributed by atoms with Crippen molar-refractivity contribution < 1.29 is 14.3 Å². The van der Waals surface area contributed by atoms with Gasteiger partial charge in [0, 0.05) is 23.5 Å². The first-order chi connectivity index (χ1) is 14.1. The van der Waals surface area contributed by atoms with Gasteiger partial charge in [0.25, 0.3) is 5.91 Å². The number of carbonyl (C=O) groups is 1. The molecule has 3 aromatic rings. The number of nitrogens with one attached hydrogen (secondary N) is 1. The molecule has 1 atom stereocenters. The van der Waals surface area contributed by atoms with Crippen LogP contribution in [0.15, 0.2) is 47.8 Å². The van der Waals surface area contributed by atoms with Crippen LogP contribution in [0.5, 0.6) is 11.5 Å². The molecule has 2 aliphatic rings. The van der Waals surface area contributed by atoms with E-state index in [-0.39, 0.29) is 18.9 Å². The Balaban J connectivity index is 1.52. The molecule has 0 saturated heterocycles. The summed E-state index contributed by atoms with van der Waals surface area (Å²) in [5, 5.41) is 6.62. The average molecular weight is 407 g/mol. The fourth-order valence-electron chi connectivity index (χ4n) is 3.62. The van der Waals surface area contributed by atoms with Crippen LogP contribution >= 0.6 is 11.3 Å². The van der Waals surface area contributed by atoms with Crippen LogP contribution in [-0.2, 0) is 6.54 Å². The van der Waals surface area contributed by atoms with Crippen molar-refractivity contribution in [3.63, 3.8) is 0 Å². The van der Waals surface area contributed by atoms with E-state index in [9.17, 15) is 4.79 Å². The molecule has 7 heteroatoms. The zero-order valence-corrected chi connectivity index (χ0v) is 17.0. The van der Waals surface area contributed by atoms with E-state index < -0.39 is 0 Å². The summed E-state index contributed by atoms with van der Waals surface area (Å²) in [7, 11) is 0. The van der Waals surface area contributed by atoms with Crippen molar-refractivity contribution in [3.8, 4) is 11.5 Å². The van der Waals surface area contributed by atoms with Crippen LogP contribution in [0.1, 0.15) is 52.6 Å². The molecule has 5 rings (SSSR count). The zero-order chi connectivity index (χ0) is 20.0. The maximum Gasteiger partial charge on any atom is 0.258 e. The van der Waals surface area contributed by atoms with Crippen LogP contribution in [0.3, 0.4) is 0 Å². The molecule has 2 aliphatic heterocycles. The van der Waals surface area contributed by atoms with Crippen molar-refractivity contribution in [3.05, 3.63) is 69.7 Å². The topological polar surface area (TPSA) is 63.7 Å². The van der Waals surface area contributed by atoms with Gasteiger partial charge in [-0.3, -0.25) is 4.79 Å². The van der Waals surface area contributed by atoms with E-state index in [1.807, 2.05) is 52.7 Å². The van der Waals surface area contributed by atoms with Gasteiger partial charge in [0.1, 0.15) is 6.17 Å². The van der Waals surface area contributed by atoms with Crippen molar-refractivity contribution >= 4 is 22.9 Å². The highest BCUT2D eigenvalue weighted by Gasteiger charge is 2.34. The van der Waals surface area contributed by atoms with E-state index in [1.165, 1.54) is 0 Å². The number of rotatable bonds is 4. The molecule has 1 aromatic heterocycles. The van der Waals surface area contributed by atoms with Crippen LogP contribution in [0.2, 0.25) is 0 Å². The lowest BCUT2D eigenvalue weighted by Gasteiger charge is -2.37. The average Bonchev–Trinajstić information content (AvgIpc) is 3.39. The van der Waals surface area contributed by atoms with Gasteiger partial charge in [0.2, 0.25) is 6.79 Å². The quantitative estimate of drug-likeness (QED) is 0.675. The second-order valence-electron chi connectivity index (χ2n) is 7.48. The van der Waals surface area contributed by atoms with Gasteiger partial charge in [-0.1, -0.05) is 32.0 Å². The predicted molar refractivity (Wildman–Crippen MR) is 111 cm³/mol. The van der Waals surface area contributed by atoms with Gasteiger partial charge in [-0.2, -0.15) is 0 Å². The molecule has 0 bridgehead atoms. The number of amides is 1. The van der Waals surface area contributed by atoms with Gasteiger partial charge >= 0.3 is 0 Å². The number of thiazole rings is 1. The molecule has 148 valence electrons. The van der Waals surface area contributed by atoms with Crippen LogP contribution < -0.4 is 14.8 Å². The van der Waals surface area contributed by atoms with Crippen molar-refractivity contribution in [2.45, 2.75) is 32.5 Å².